The number of hydrogen-bond donors (Lipinski definition) is 1. The van der Waals surface area contributed by atoms with Gasteiger partial charge in [0.15, 0.2) is 0 Å². The quantitative estimate of drug-likeness (QED) is 0.369. The first kappa shape index (κ1) is 30.2. The number of halogens is 1. The monoisotopic (exact) mass is 569 g/mol. The molecule has 2 amide bonds. The van der Waals surface area contributed by atoms with Crippen molar-refractivity contribution in [1.82, 2.24) is 10.2 Å². The normalized spacial score (nSPS) is 12.5. The van der Waals surface area contributed by atoms with Crippen LogP contribution in [0.2, 0.25) is 5.02 Å². The van der Waals surface area contributed by atoms with Gasteiger partial charge >= 0.3 is 0 Å². The Morgan fingerprint density at radius 2 is 1.54 bits per heavy atom. The molecule has 0 aliphatic rings. The molecule has 3 aromatic rings. The Labute approximate surface area is 236 Å². The molecule has 3 aromatic carbocycles. The van der Waals surface area contributed by atoms with Crippen LogP contribution in [-0.4, -0.2) is 43.3 Å². The van der Waals surface area contributed by atoms with Crippen molar-refractivity contribution < 1.29 is 18.0 Å². The molecule has 0 radical (unpaired) electrons. The number of anilines is 1. The number of aryl methyl sites for hydroxylation is 1. The average Bonchev–Trinajstić information content (AvgIpc) is 2.87. The van der Waals surface area contributed by atoms with E-state index in [-0.39, 0.29) is 17.3 Å². The van der Waals surface area contributed by atoms with Gasteiger partial charge in [-0.2, -0.15) is 0 Å². The Bertz CT molecular complexity index is 1420. The third-order valence-corrected chi connectivity index (χ3v) is 8.44. The molecule has 1 atom stereocenters. The van der Waals surface area contributed by atoms with Gasteiger partial charge in [-0.1, -0.05) is 65.7 Å². The summed E-state index contributed by atoms with van der Waals surface area (Å²) in [4.78, 5) is 28.6. The van der Waals surface area contributed by atoms with E-state index in [2.05, 4.69) is 5.32 Å². The number of carbonyl (C=O) groups excluding carboxylic acids is 2. The van der Waals surface area contributed by atoms with Crippen molar-refractivity contribution in [2.24, 2.45) is 0 Å². The molecule has 0 bridgehead atoms. The van der Waals surface area contributed by atoms with Crippen LogP contribution in [-0.2, 0) is 26.2 Å². The molecule has 1 N–H and O–H groups in total. The van der Waals surface area contributed by atoms with Crippen LogP contribution in [0.25, 0.3) is 0 Å². The molecule has 0 aliphatic heterocycles. The molecule has 9 heteroatoms. The number of hydrogen-bond acceptors (Lipinski definition) is 4. The van der Waals surface area contributed by atoms with Gasteiger partial charge in [0.25, 0.3) is 10.0 Å². The van der Waals surface area contributed by atoms with Crippen molar-refractivity contribution in [2.75, 3.05) is 10.8 Å². The highest BCUT2D eigenvalue weighted by atomic mass is 35.5. The lowest BCUT2D eigenvalue weighted by atomic mass is 10.1. The van der Waals surface area contributed by atoms with E-state index in [1.54, 1.807) is 50.2 Å². The highest BCUT2D eigenvalue weighted by molar-refractivity contribution is 7.92. The summed E-state index contributed by atoms with van der Waals surface area (Å²) in [5, 5.41) is 3.30. The van der Waals surface area contributed by atoms with Gasteiger partial charge in [0.2, 0.25) is 11.8 Å². The summed E-state index contributed by atoms with van der Waals surface area (Å²) in [6, 6.07) is 19.6. The zero-order valence-electron chi connectivity index (χ0n) is 23.2. The molecule has 7 nitrogen and oxygen atoms in total. The number of amides is 2. The van der Waals surface area contributed by atoms with Crippen molar-refractivity contribution in [2.45, 2.75) is 64.6 Å². The second-order valence-electron chi connectivity index (χ2n) is 10.6. The summed E-state index contributed by atoms with van der Waals surface area (Å²) in [6.07, 6.45) is 0. The smallest absolute Gasteiger partial charge is 0.264 e. The van der Waals surface area contributed by atoms with E-state index in [4.69, 9.17) is 11.6 Å². The van der Waals surface area contributed by atoms with Crippen LogP contribution >= 0.6 is 11.6 Å². The maximum Gasteiger partial charge on any atom is 0.264 e. The first-order valence-corrected chi connectivity index (χ1v) is 14.5. The highest BCUT2D eigenvalue weighted by Gasteiger charge is 2.34. The third kappa shape index (κ3) is 7.61. The molecular formula is C30H36ClN3O4S. The summed E-state index contributed by atoms with van der Waals surface area (Å²) in [7, 11) is -4.15. The summed E-state index contributed by atoms with van der Waals surface area (Å²) in [5.74, 6) is -0.856. The highest BCUT2D eigenvalue weighted by Crippen LogP contribution is 2.31. The number of benzene rings is 3. The van der Waals surface area contributed by atoms with Crippen molar-refractivity contribution >= 4 is 39.1 Å². The number of nitrogens with one attached hydrogen (secondary N) is 1. The van der Waals surface area contributed by atoms with Gasteiger partial charge in [0, 0.05) is 17.1 Å². The minimum absolute atomic E-state index is 0.0424. The molecule has 0 saturated heterocycles. The van der Waals surface area contributed by atoms with E-state index in [1.165, 1.54) is 17.0 Å². The van der Waals surface area contributed by atoms with Crippen molar-refractivity contribution in [3.05, 3.63) is 94.5 Å². The van der Waals surface area contributed by atoms with Gasteiger partial charge < -0.3 is 10.2 Å². The number of sulfonamides is 1. The van der Waals surface area contributed by atoms with Gasteiger partial charge in [0.05, 0.1) is 10.6 Å². The minimum Gasteiger partial charge on any atom is -0.350 e. The fourth-order valence-electron chi connectivity index (χ4n) is 4.05. The molecule has 0 aliphatic carbocycles. The number of rotatable bonds is 9. The maximum atomic E-state index is 14.0. The number of nitrogens with zero attached hydrogens (tertiary/aromatic N) is 2. The molecular weight excluding hydrogens is 534 g/mol. The Kier molecular flexibility index (Phi) is 9.46. The summed E-state index contributed by atoms with van der Waals surface area (Å²) in [6.45, 7) is 10.5. The predicted molar refractivity (Wildman–Crippen MR) is 156 cm³/mol. The largest absolute Gasteiger partial charge is 0.350 e. The molecule has 0 aromatic heterocycles. The van der Waals surface area contributed by atoms with Crippen molar-refractivity contribution in [3.8, 4) is 0 Å². The molecule has 0 spiro atoms. The van der Waals surface area contributed by atoms with Crippen LogP contribution in [0.5, 0.6) is 0 Å². The van der Waals surface area contributed by atoms with Gasteiger partial charge in [0.1, 0.15) is 12.6 Å². The molecule has 0 heterocycles. The van der Waals surface area contributed by atoms with Crippen LogP contribution in [0, 0.1) is 13.8 Å². The fraction of sp³-hybridized carbons (Fsp3) is 0.333. The van der Waals surface area contributed by atoms with Gasteiger partial charge in [-0.05, 0) is 76.9 Å². The van der Waals surface area contributed by atoms with Crippen LogP contribution in [0.15, 0.2) is 77.7 Å². The molecule has 39 heavy (non-hydrogen) atoms. The maximum absolute atomic E-state index is 14.0. The van der Waals surface area contributed by atoms with Crippen LogP contribution in [0.1, 0.15) is 44.4 Å². The summed E-state index contributed by atoms with van der Waals surface area (Å²) >= 11 is 6.36. The van der Waals surface area contributed by atoms with Gasteiger partial charge in [-0.15, -0.1) is 0 Å². The van der Waals surface area contributed by atoms with E-state index in [1.807, 2.05) is 52.0 Å². The van der Waals surface area contributed by atoms with E-state index in [9.17, 15) is 18.0 Å². The zero-order valence-corrected chi connectivity index (χ0v) is 24.8. The first-order valence-electron chi connectivity index (χ1n) is 12.7. The van der Waals surface area contributed by atoms with Crippen LogP contribution < -0.4 is 9.62 Å². The molecule has 0 saturated carbocycles. The Morgan fingerprint density at radius 1 is 0.923 bits per heavy atom. The topological polar surface area (TPSA) is 86.8 Å². The molecule has 0 unspecified atom stereocenters. The lowest BCUT2D eigenvalue weighted by Gasteiger charge is -2.34. The minimum atomic E-state index is -4.15. The van der Waals surface area contributed by atoms with Crippen molar-refractivity contribution in [1.29, 1.82) is 0 Å². The standard InChI is InChI=1S/C30H36ClN3O4S/c1-21-15-17-24(18-16-21)19-33(23(3)29(36)32-30(4,5)6)28(35)20-34(27-14-10-13-26(31)22(27)2)39(37,38)25-11-8-7-9-12-25/h7-18,23H,19-20H2,1-6H3,(H,32,36)/t23-/m1/s1. The summed E-state index contributed by atoms with van der Waals surface area (Å²) < 4.78 is 28.8. The zero-order chi connectivity index (χ0) is 29.0. The van der Waals surface area contributed by atoms with Crippen LogP contribution in [0.3, 0.4) is 0 Å². The lowest BCUT2D eigenvalue weighted by molar-refractivity contribution is -0.140. The first-order chi connectivity index (χ1) is 18.2. The van der Waals surface area contributed by atoms with E-state index < -0.39 is 34.1 Å². The average molecular weight is 570 g/mol. The van der Waals surface area contributed by atoms with E-state index in [0.29, 0.717) is 16.3 Å². The Morgan fingerprint density at radius 3 is 2.13 bits per heavy atom. The second kappa shape index (κ2) is 12.2. The number of carbonyl (C=O) groups is 2. The molecule has 208 valence electrons. The lowest BCUT2D eigenvalue weighted by Crippen LogP contribution is -2.54. The van der Waals surface area contributed by atoms with E-state index in [0.717, 1.165) is 15.4 Å². The van der Waals surface area contributed by atoms with Crippen molar-refractivity contribution in [3.63, 3.8) is 0 Å². The fourth-order valence-corrected chi connectivity index (χ4v) is 5.71. The predicted octanol–water partition coefficient (Wildman–Crippen LogP) is 5.48. The SMILES string of the molecule is Cc1ccc(CN(C(=O)CN(c2cccc(Cl)c2C)S(=O)(=O)c2ccccc2)[C@H](C)C(=O)NC(C)(C)C)cc1. The third-order valence-electron chi connectivity index (χ3n) is 6.26. The summed E-state index contributed by atoms with van der Waals surface area (Å²) in [5.41, 5.74) is 2.19. The van der Waals surface area contributed by atoms with Crippen LogP contribution in [0.4, 0.5) is 5.69 Å². The second-order valence-corrected chi connectivity index (χ2v) is 12.9. The van der Waals surface area contributed by atoms with Gasteiger partial charge in [-0.25, -0.2) is 8.42 Å². The Balaban J connectivity index is 2.06. The van der Waals surface area contributed by atoms with Gasteiger partial charge in [-0.3, -0.25) is 13.9 Å². The van der Waals surface area contributed by atoms with E-state index >= 15 is 0 Å². The Hall–Kier alpha value is -3.36. The molecule has 3 rings (SSSR count). The molecule has 0 fully saturated rings.